The van der Waals surface area contributed by atoms with E-state index in [1.165, 1.54) is 0 Å². The van der Waals surface area contributed by atoms with Crippen LogP contribution in [0.25, 0.3) is 0 Å². The fourth-order valence-corrected chi connectivity index (χ4v) is 2.65. The molecule has 1 fully saturated rings. The topological polar surface area (TPSA) is 57.7 Å². The van der Waals surface area contributed by atoms with Crippen LogP contribution in [0.4, 0.5) is 18.0 Å². The van der Waals surface area contributed by atoms with Gasteiger partial charge in [-0.2, -0.15) is 13.2 Å². The molecule has 0 atom stereocenters. The number of aryl methyl sites for hydroxylation is 1. The molecule has 26 heavy (non-hydrogen) atoms. The first-order valence-corrected chi connectivity index (χ1v) is 8.64. The molecule has 1 aliphatic rings. The average molecular weight is 374 g/mol. The minimum absolute atomic E-state index is 0.0881. The van der Waals surface area contributed by atoms with Crippen LogP contribution in [0.15, 0.2) is 18.3 Å². The lowest BCUT2D eigenvalue weighted by Gasteiger charge is -2.34. The molecule has 1 saturated heterocycles. The van der Waals surface area contributed by atoms with E-state index < -0.39 is 12.8 Å². The number of hydrogen-bond acceptors (Lipinski definition) is 4. The molecule has 2 heterocycles. The molecule has 2 rings (SSSR count). The zero-order chi connectivity index (χ0) is 19.0. The maximum atomic E-state index is 12.2. The summed E-state index contributed by atoms with van der Waals surface area (Å²) in [6.45, 7) is 4.51. The lowest BCUT2D eigenvalue weighted by atomic mass is 10.2. The standard InChI is InChI=1S/C17H25F3N4O2/c1-14-3-4-15(11-21-14)12-22-16(25)24-8-6-23(7-9-24)5-2-10-26-13-17(18,19)20/h3-4,11H,2,5-10,12-13H2,1H3,(H,22,25). The molecular weight excluding hydrogens is 349 g/mol. The zero-order valence-corrected chi connectivity index (χ0v) is 14.9. The van der Waals surface area contributed by atoms with Crippen molar-refractivity contribution in [3.63, 3.8) is 0 Å². The Kier molecular flexibility index (Phi) is 7.65. The normalized spacial score (nSPS) is 15.9. The number of piperazine rings is 1. The van der Waals surface area contributed by atoms with Gasteiger partial charge < -0.3 is 15.0 Å². The Morgan fingerprint density at radius 1 is 1.27 bits per heavy atom. The molecule has 0 radical (unpaired) electrons. The van der Waals surface area contributed by atoms with Gasteiger partial charge in [0.05, 0.1) is 0 Å². The molecule has 0 unspecified atom stereocenters. The minimum Gasteiger partial charge on any atom is -0.372 e. The van der Waals surface area contributed by atoms with Crippen LogP contribution in [-0.2, 0) is 11.3 Å². The highest BCUT2D eigenvalue weighted by Gasteiger charge is 2.27. The Bertz CT molecular complexity index is 558. The molecule has 0 aromatic carbocycles. The fraction of sp³-hybridized carbons (Fsp3) is 0.647. The number of rotatable bonds is 7. The Labute approximate surface area is 151 Å². The van der Waals surface area contributed by atoms with Crippen LogP contribution in [0.1, 0.15) is 17.7 Å². The van der Waals surface area contributed by atoms with Crippen LogP contribution in [0.3, 0.4) is 0 Å². The van der Waals surface area contributed by atoms with Gasteiger partial charge in [0, 0.05) is 57.8 Å². The van der Waals surface area contributed by atoms with Gasteiger partial charge in [-0.25, -0.2) is 4.79 Å². The van der Waals surface area contributed by atoms with Crippen molar-refractivity contribution in [2.24, 2.45) is 0 Å². The number of carbonyl (C=O) groups excluding carboxylic acids is 1. The van der Waals surface area contributed by atoms with Crippen molar-refractivity contribution in [1.29, 1.82) is 0 Å². The third kappa shape index (κ3) is 7.57. The van der Waals surface area contributed by atoms with Crippen LogP contribution in [0.2, 0.25) is 0 Å². The molecule has 0 spiro atoms. The molecule has 0 bridgehead atoms. The number of alkyl halides is 3. The number of nitrogens with one attached hydrogen (secondary N) is 1. The summed E-state index contributed by atoms with van der Waals surface area (Å²) in [6, 6.07) is 3.72. The van der Waals surface area contributed by atoms with Gasteiger partial charge in [-0.1, -0.05) is 6.07 Å². The van der Waals surface area contributed by atoms with Crippen molar-refractivity contribution >= 4 is 6.03 Å². The summed E-state index contributed by atoms with van der Waals surface area (Å²) in [6.07, 6.45) is -1.98. The van der Waals surface area contributed by atoms with Gasteiger partial charge in [0.15, 0.2) is 0 Å². The lowest BCUT2D eigenvalue weighted by molar-refractivity contribution is -0.174. The van der Waals surface area contributed by atoms with Crippen molar-refractivity contribution in [2.75, 3.05) is 45.9 Å². The summed E-state index contributed by atoms with van der Waals surface area (Å²) in [5.74, 6) is 0. The molecule has 1 N–H and O–H groups in total. The second-order valence-corrected chi connectivity index (χ2v) is 6.32. The first-order chi connectivity index (χ1) is 12.3. The maximum Gasteiger partial charge on any atom is 0.411 e. The van der Waals surface area contributed by atoms with E-state index in [4.69, 9.17) is 0 Å². The second-order valence-electron chi connectivity index (χ2n) is 6.32. The summed E-state index contributed by atoms with van der Waals surface area (Å²) >= 11 is 0. The lowest BCUT2D eigenvalue weighted by Crippen LogP contribution is -2.51. The molecule has 1 aromatic rings. The smallest absolute Gasteiger partial charge is 0.372 e. The van der Waals surface area contributed by atoms with Crippen molar-refractivity contribution < 1.29 is 22.7 Å². The van der Waals surface area contributed by atoms with Gasteiger partial charge in [-0.15, -0.1) is 0 Å². The molecular formula is C17H25F3N4O2. The third-order valence-electron chi connectivity index (χ3n) is 4.10. The summed E-state index contributed by atoms with van der Waals surface area (Å²) in [7, 11) is 0. The Morgan fingerprint density at radius 3 is 2.62 bits per heavy atom. The van der Waals surface area contributed by atoms with E-state index in [-0.39, 0.29) is 12.6 Å². The summed E-state index contributed by atoms with van der Waals surface area (Å²) in [5, 5.41) is 2.88. The first-order valence-electron chi connectivity index (χ1n) is 8.64. The van der Waals surface area contributed by atoms with Crippen molar-refractivity contribution in [3.8, 4) is 0 Å². The number of hydrogen-bond donors (Lipinski definition) is 1. The molecule has 146 valence electrons. The quantitative estimate of drug-likeness (QED) is 0.744. The number of amides is 2. The van der Waals surface area contributed by atoms with E-state index in [1.807, 2.05) is 19.1 Å². The zero-order valence-electron chi connectivity index (χ0n) is 14.9. The van der Waals surface area contributed by atoms with Crippen LogP contribution < -0.4 is 5.32 Å². The number of aromatic nitrogens is 1. The average Bonchev–Trinajstić information content (AvgIpc) is 2.60. The monoisotopic (exact) mass is 374 g/mol. The van der Waals surface area contributed by atoms with Crippen LogP contribution in [0.5, 0.6) is 0 Å². The van der Waals surface area contributed by atoms with E-state index in [0.29, 0.717) is 45.7 Å². The summed E-state index contributed by atoms with van der Waals surface area (Å²) in [4.78, 5) is 20.3. The van der Waals surface area contributed by atoms with Crippen molar-refractivity contribution in [2.45, 2.75) is 26.1 Å². The van der Waals surface area contributed by atoms with E-state index in [0.717, 1.165) is 11.3 Å². The SMILES string of the molecule is Cc1ccc(CNC(=O)N2CCN(CCCOCC(F)(F)F)CC2)cn1. The van der Waals surface area contributed by atoms with Gasteiger partial charge in [0.25, 0.3) is 0 Å². The van der Waals surface area contributed by atoms with E-state index >= 15 is 0 Å². The molecule has 0 aliphatic carbocycles. The Balaban J connectivity index is 1.58. The number of pyridine rings is 1. The highest BCUT2D eigenvalue weighted by Crippen LogP contribution is 2.14. The van der Waals surface area contributed by atoms with Gasteiger partial charge in [-0.3, -0.25) is 9.88 Å². The Morgan fingerprint density at radius 2 is 2.00 bits per heavy atom. The predicted molar refractivity (Wildman–Crippen MR) is 90.7 cm³/mol. The van der Waals surface area contributed by atoms with Gasteiger partial charge in [0.2, 0.25) is 0 Å². The molecule has 6 nitrogen and oxygen atoms in total. The predicted octanol–water partition coefficient (Wildman–Crippen LogP) is 2.19. The van der Waals surface area contributed by atoms with Gasteiger partial charge >= 0.3 is 12.2 Å². The van der Waals surface area contributed by atoms with E-state index in [9.17, 15) is 18.0 Å². The van der Waals surface area contributed by atoms with Crippen molar-refractivity contribution in [3.05, 3.63) is 29.6 Å². The Hall–Kier alpha value is -1.87. The fourth-order valence-electron chi connectivity index (χ4n) is 2.65. The van der Waals surface area contributed by atoms with Crippen molar-refractivity contribution in [1.82, 2.24) is 20.1 Å². The van der Waals surface area contributed by atoms with Gasteiger partial charge in [0.1, 0.15) is 6.61 Å². The number of nitrogens with zero attached hydrogens (tertiary/aromatic N) is 3. The summed E-state index contributed by atoms with van der Waals surface area (Å²) < 4.78 is 40.5. The highest BCUT2D eigenvalue weighted by molar-refractivity contribution is 5.74. The number of ether oxygens (including phenoxy) is 1. The van der Waals surface area contributed by atoms with Crippen LogP contribution >= 0.6 is 0 Å². The van der Waals surface area contributed by atoms with Crippen LogP contribution in [-0.4, -0.2) is 72.9 Å². The molecule has 2 amide bonds. The number of carbonyl (C=O) groups is 1. The molecule has 9 heteroatoms. The number of halogens is 3. The van der Waals surface area contributed by atoms with Gasteiger partial charge in [-0.05, 0) is 25.0 Å². The van der Waals surface area contributed by atoms with Crippen LogP contribution in [0, 0.1) is 6.92 Å². The summed E-state index contributed by atoms with van der Waals surface area (Å²) in [5.41, 5.74) is 1.88. The first kappa shape index (κ1) is 20.4. The molecule has 1 aromatic heterocycles. The minimum atomic E-state index is -4.27. The molecule has 1 aliphatic heterocycles. The molecule has 0 saturated carbocycles. The third-order valence-corrected chi connectivity index (χ3v) is 4.10. The van der Waals surface area contributed by atoms with E-state index in [2.05, 4.69) is 19.9 Å². The second kappa shape index (κ2) is 9.72. The maximum absolute atomic E-state index is 12.2. The number of urea groups is 1. The van der Waals surface area contributed by atoms with E-state index in [1.54, 1.807) is 11.1 Å². The largest absolute Gasteiger partial charge is 0.411 e. The highest BCUT2D eigenvalue weighted by atomic mass is 19.4.